The maximum absolute atomic E-state index is 9.72. The summed E-state index contributed by atoms with van der Waals surface area (Å²) in [5, 5.41) is 21.5. The molecule has 7 rings (SSSR count). The van der Waals surface area contributed by atoms with Gasteiger partial charge in [-0.25, -0.2) is 0 Å². The largest absolute Gasteiger partial charge is 0.488 e. The number of anilines is 1. The average Bonchev–Trinajstić information content (AvgIpc) is 3.49. The van der Waals surface area contributed by atoms with Gasteiger partial charge in [-0.1, -0.05) is 78.9 Å². The lowest BCUT2D eigenvalue weighted by molar-refractivity contribution is 0.426. The summed E-state index contributed by atoms with van der Waals surface area (Å²) < 4.78 is 2.22. The summed E-state index contributed by atoms with van der Waals surface area (Å²) in [4.78, 5) is 7.47. The van der Waals surface area contributed by atoms with Crippen LogP contribution in [0.2, 0.25) is 0 Å². The Morgan fingerprint density at radius 1 is 0.703 bits per heavy atom. The molecule has 5 nitrogen and oxygen atoms in total. The van der Waals surface area contributed by atoms with Gasteiger partial charge >= 0.3 is 7.12 Å². The minimum Gasteiger partial charge on any atom is -0.423 e. The van der Waals surface area contributed by atoms with Crippen LogP contribution in [0.25, 0.3) is 27.5 Å². The van der Waals surface area contributed by atoms with Crippen LogP contribution in [0.15, 0.2) is 126 Å². The van der Waals surface area contributed by atoms with Crippen molar-refractivity contribution in [2.45, 2.75) is 12.2 Å². The van der Waals surface area contributed by atoms with Crippen LogP contribution in [-0.2, 0) is 0 Å². The molecule has 0 spiro atoms. The van der Waals surface area contributed by atoms with Crippen molar-refractivity contribution in [1.82, 2.24) is 4.57 Å². The van der Waals surface area contributed by atoms with Crippen LogP contribution in [0.5, 0.6) is 0 Å². The number of rotatable bonds is 4. The van der Waals surface area contributed by atoms with Crippen LogP contribution >= 0.6 is 0 Å². The van der Waals surface area contributed by atoms with Crippen molar-refractivity contribution in [2.24, 2.45) is 4.99 Å². The number of benzene rings is 4. The quantitative estimate of drug-likeness (QED) is 0.359. The van der Waals surface area contributed by atoms with Crippen molar-refractivity contribution in [3.05, 3.63) is 127 Å². The molecule has 6 heteroatoms. The van der Waals surface area contributed by atoms with Crippen molar-refractivity contribution in [1.29, 1.82) is 0 Å². The van der Waals surface area contributed by atoms with E-state index in [4.69, 9.17) is 4.99 Å². The summed E-state index contributed by atoms with van der Waals surface area (Å²) in [6.45, 7) is 0. The number of hydrogen-bond donors (Lipinski definition) is 2. The van der Waals surface area contributed by atoms with Crippen LogP contribution in [0.4, 0.5) is 5.69 Å². The summed E-state index contributed by atoms with van der Waals surface area (Å²) >= 11 is 0. The fourth-order valence-corrected chi connectivity index (χ4v) is 5.59. The Labute approximate surface area is 215 Å². The van der Waals surface area contributed by atoms with Gasteiger partial charge in [0.15, 0.2) is 0 Å². The monoisotopic (exact) mass is 481 g/mol. The maximum Gasteiger partial charge on any atom is 0.488 e. The van der Waals surface area contributed by atoms with E-state index in [2.05, 4.69) is 88.4 Å². The van der Waals surface area contributed by atoms with Crippen LogP contribution in [-0.4, -0.2) is 33.5 Å². The van der Waals surface area contributed by atoms with E-state index in [1.54, 1.807) is 6.07 Å². The molecule has 0 saturated heterocycles. The molecule has 178 valence electrons. The van der Waals surface area contributed by atoms with Gasteiger partial charge in [-0.15, -0.1) is 0 Å². The lowest BCUT2D eigenvalue weighted by atomic mass is 9.80. The van der Waals surface area contributed by atoms with E-state index < -0.39 is 7.12 Å². The third-order valence-electron chi connectivity index (χ3n) is 7.31. The van der Waals surface area contributed by atoms with Gasteiger partial charge < -0.3 is 19.5 Å². The minimum absolute atomic E-state index is 0.115. The zero-order valence-corrected chi connectivity index (χ0v) is 20.0. The minimum atomic E-state index is -1.50. The molecule has 2 N–H and O–H groups in total. The van der Waals surface area contributed by atoms with Gasteiger partial charge in [0, 0.05) is 22.1 Å². The first-order chi connectivity index (χ1) is 18.2. The second-order valence-corrected chi connectivity index (χ2v) is 9.45. The first-order valence-corrected chi connectivity index (χ1v) is 12.4. The van der Waals surface area contributed by atoms with Crippen LogP contribution < -0.4 is 10.4 Å². The Kier molecular flexibility index (Phi) is 5.10. The average molecular weight is 481 g/mol. The van der Waals surface area contributed by atoms with Crippen LogP contribution in [0.1, 0.15) is 11.7 Å². The van der Waals surface area contributed by atoms with Crippen molar-refractivity contribution < 1.29 is 10.0 Å². The van der Waals surface area contributed by atoms with Gasteiger partial charge in [-0.2, -0.15) is 0 Å². The molecule has 2 unspecified atom stereocenters. The van der Waals surface area contributed by atoms with E-state index in [0.29, 0.717) is 5.46 Å². The number of hydrogen-bond acceptors (Lipinski definition) is 4. The molecule has 2 atom stereocenters. The number of nitrogens with zero attached hydrogens (tertiary/aromatic N) is 3. The van der Waals surface area contributed by atoms with Gasteiger partial charge in [-0.05, 0) is 53.5 Å². The Morgan fingerprint density at radius 2 is 1.46 bits per heavy atom. The van der Waals surface area contributed by atoms with Gasteiger partial charge in [-0.3, -0.25) is 4.99 Å². The van der Waals surface area contributed by atoms with E-state index in [-0.39, 0.29) is 12.2 Å². The Hall–Kier alpha value is -4.39. The normalized spacial score (nSPS) is 18.4. The van der Waals surface area contributed by atoms with Gasteiger partial charge in [0.1, 0.15) is 6.17 Å². The molecule has 0 amide bonds. The summed E-state index contributed by atoms with van der Waals surface area (Å²) in [5.74, 6) is 0. The number of aliphatic imine (C=N–C) groups is 1. The number of allylic oxidation sites excluding steroid dienone is 2. The fourth-order valence-electron chi connectivity index (χ4n) is 5.59. The van der Waals surface area contributed by atoms with Crippen molar-refractivity contribution in [3.8, 4) is 5.69 Å². The second-order valence-electron chi connectivity index (χ2n) is 9.45. The third-order valence-corrected chi connectivity index (χ3v) is 7.31. The molecule has 0 radical (unpaired) electrons. The molecule has 1 aromatic heterocycles. The van der Waals surface area contributed by atoms with Crippen molar-refractivity contribution in [2.75, 3.05) is 4.90 Å². The lowest BCUT2D eigenvalue weighted by Gasteiger charge is -2.31. The molecule has 1 aliphatic carbocycles. The predicted octanol–water partition coefficient (Wildman–Crippen LogP) is 4.92. The maximum atomic E-state index is 9.72. The summed E-state index contributed by atoms with van der Waals surface area (Å²) in [6.07, 6.45) is 8.33. The van der Waals surface area contributed by atoms with Crippen molar-refractivity contribution >= 4 is 45.8 Å². The molecular weight excluding hydrogens is 457 g/mol. The first kappa shape index (κ1) is 21.9. The summed E-state index contributed by atoms with van der Waals surface area (Å²) in [6, 6.07) is 33.0. The molecule has 1 aliphatic heterocycles. The van der Waals surface area contributed by atoms with Gasteiger partial charge in [0.25, 0.3) is 0 Å². The second kappa shape index (κ2) is 8.62. The molecular formula is C31H24BN3O2. The van der Waals surface area contributed by atoms with E-state index in [1.807, 2.05) is 36.4 Å². The summed E-state index contributed by atoms with van der Waals surface area (Å²) in [5.41, 5.74) is 6.96. The Balaban J connectivity index is 1.33. The highest BCUT2D eigenvalue weighted by Gasteiger charge is 2.35. The zero-order valence-electron chi connectivity index (χ0n) is 20.0. The lowest BCUT2D eigenvalue weighted by Crippen LogP contribution is -2.35. The van der Waals surface area contributed by atoms with Gasteiger partial charge in [0.2, 0.25) is 0 Å². The smallest absolute Gasteiger partial charge is 0.423 e. The number of fused-ring (bicyclic) bond motifs is 4. The van der Waals surface area contributed by atoms with E-state index in [9.17, 15) is 10.0 Å². The van der Waals surface area contributed by atoms with E-state index >= 15 is 0 Å². The zero-order chi connectivity index (χ0) is 24.9. The molecule has 2 aliphatic rings. The molecule has 5 aromatic rings. The highest BCUT2D eigenvalue weighted by Crippen LogP contribution is 2.38. The third kappa shape index (κ3) is 3.53. The van der Waals surface area contributed by atoms with Gasteiger partial charge in [0.05, 0.1) is 22.8 Å². The summed E-state index contributed by atoms with van der Waals surface area (Å²) in [7, 11) is -1.50. The molecule has 2 heterocycles. The Morgan fingerprint density at radius 3 is 2.27 bits per heavy atom. The van der Waals surface area contributed by atoms with E-state index in [0.717, 1.165) is 44.5 Å². The van der Waals surface area contributed by atoms with Crippen LogP contribution in [0, 0.1) is 0 Å². The fraction of sp³-hybridized carbons (Fsp3) is 0.0645. The highest BCUT2D eigenvalue weighted by atomic mass is 16.4. The first-order valence-electron chi connectivity index (χ1n) is 12.4. The van der Waals surface area contributed by atoms with Crippen LogP contribution in [0.3, 0.4) is 0 Å². The molecule has 0 bridgehead atoms. The van der Waals surface area contributed by atoms with Crippen molar-refractivity contribution in [3.63, 3.8) is 0 Å². The molecule has 0 fully saturated rings. The molecule has 37 heavy (non-hydrogen) atoms. The Bertz CT molecular complexity index is 1720. The van der Waals surface area contributed by atoms with E-state index in [1.165, 1.54) is 0 Å². The topological polar surface area (TPSA) is 61.0 Å². The number of para-hydroxylation sites is 2. The molecule has 4 aromatic carbocycles. The predicted molar refractivity (Wildman–Crippen MR) is 152 cm³/mol. The number of aromatic nitrogens is 1. The highest BCUT2D eigenvalue weighted by molar-refractivity contribution is 6.59. The molecule has 0 saturated carbocycles. The SMILES string of the molecule is OB(O)c1ccc2c(c1)c1ccccc1n2-c1ccc(C2N=C3C=CC=CC3N2c2ccccc2)cc1. The standard InChI is InChI=1S/C31H24BN3O2/c36-32(37)22-16-19-29-26(20-22)25-10-4-6-12-28(25)34(29)24-17-14-21(15-18-24)31-33-27-11-5-7-13-30(27)35(31)23-8-2-1-3-9-23/h1-20,30-31,36-37H.